The first kappa shape index (κ1) is 20.3. The number of halogens is 1. The van der Waals surface area contributed by atoms with Gasteiger partial charge in [-0.05, 0) is 54.1 Å². The Labute approximate surface area is 178 Å². The molecule has 0 spiro atoms. The molecule has 2 aromatic carbocycles. The number of hydrogen-bond acceptors (Lipinski definition) is 4. The molecule has 5 nitrogen and oxygen atoms in total. The van der Waals surface area contributed by atoms with Gasteiger partial charge in [0.2, 0.25) is 5.91 Å². The topological polar surface area (TPSA) is 70.2 Å². The summed E-state index contributed by atoms with van der Waals surface area (Å²) in [6.45, 7) is 0.0402. The summed E-state index contributed by atoms with van der Waals surface area (Å²) in [5, 5.41) is 11.0. The van der Waals surface area contributed by atoms with Gasteiger partial charge in [0.15, 0.2) is 0 Å². The Morgan fingerprint density at radius 1 is 1.03 bits per heavy atom. The summed E-state index contributed by atoms with van der Waals surface area (Å²) >= 11 is 1.56. The molecule has 0 bridgehead atoms. The van der Waals surface area contributed by atoms with Crippen molar-refractivity contribution in [2.45, 2.75) is 24.9 Å². The molecule has 1 aliphatic rings. The van der Waals surface area contributed by atoms with E-state index in [1.807, 2.05) is 17.5 Å². The number of thiophene rings is 1. The summed E-state index contributed by atoms with van der Waals surface area (Å²) in [6.07, 6.45) is 2.00. The molecule has 3 aromatic rings. The van der Waals surface area contributed by atoms with Crippen LogP contribution in [0.1, 0.15) is 39.7 Å². The second kappa shape index (κ2) is 9.19. The molecule has 1 fully saturated rings. The van der Waals surface area contributed by atoms with Crippen molar-refractivity contribution in [3.8, 4) is 0 Å². The Bertz CT molecular complexity index is 1020. The molecule has 1 saturated carbocycles. The number of benzene rings is 2. The van der Waals surface area contributed by atoms with Gasteiger partial charge in [0.05, 0.1) is 23.8 Å². The van der Waals surface area contributed by atoms with Gasteiger partial charge in [0.25, 0.3) is 5.91 Å². The maximum absolute atomic E-state index is 13.3. The monoisotopic (exact) mass is 423 g/mol. The fourth-order valence-electron chi connectivity index (χ4n) is 3.16. The van der Waals surface area contributed by atoms with Crippen molar-refractivity contribution < 1.29 is 14.0 Å². The SMILES string of the molecule is O=C(CN[C@H](c1ccc(F)cc1)c1cccs1)Nc1ccccc1C(=O)NC1CC1. The van der Waals surface area contributed by atoms with Gasteiger partial charge in [-0.15, -0.1) is 11.3 Å². The van der Waals surface area contributed by atoms with Crippen LogP contribution in [0.15, 0.2) is 66.0 Å². The van der Waals surface area contributed by atoms with Crippen LogP contribution >= 0.6 is 11.3 Å². The van der Waals surface area contributed by atoms with E-state index in [-0.39, 0.29) is 36.3 Å². The lowest BCUT2D eigenvalue weighted by molar-refractivity contribution is -0.115. The minimum absolute atomic E-state index is 0.0402. The van der Waals surface area contributed by atoms with Crippen molar-refractivity contribution in [3.05, 3.63) is 87.9 Å². The van der Waals surface area contributed by atoms with Gasteiger partial charge in [0, 0.05) is 10.9 Å². The zero-order chi connectivity index (χ0) is 20.9. The van der Waals surface area contributed by atoms with Crippen molar-refractivity contribution in [2.24, 2.45) is 0 Å². The standard InChI is InChI=1S/C23H22FN3O2S/c24-16-9-7-15(8-10-16)22(20-6-3-13-30-20)25-14-21(28)27-19-5-2-1-4-18(19)23(29)26-17-11-12-17/h1-10,13,17,22,25H,11-12,14H2,(H,26,29)(H,27,28)/t22-/m1/s1. The number of carbonyl (C=O) groups excluding carboxylic acids is 2. The van der Waals surface area contributed by atoms with Crippen LogP contribution in [0.5, 0.6) is 0 Å². The molecule has 1 atom stereocenters. The molecule has 7 heteroatoms. The molecular weight excluding hydrogens is 401 g/mol. The van der Waals surface area contributed by atoms with Crippen LogP contribution in [0.25, 0.3) is 0 Å². The number of para-hydroxylation sites is 1. The molecule has 0 aliphatic heterocycles. The summed E-state index contributed by atoms with van der Waals surface area (Å²) in [4.78, 5) is 26.1. The highest BCUT2D eigenvalue weighted by Gasteiger charge is 2.25. The van der Waals surface area contributed by atoms with Crippen molar-refractivity contribution >= 4 is 28.8 Å². The summed E-state index contributed by atoms with van der Waals surface area (Å²) < 4.78 is 13.3. The molecule has 3 N–H and O–H groups in total. The Kier molecular flexibility index (Phi) is 6.21. The summed E-state index contributed by atoms with van der Waals surface area (Å²) in [5.74, 6) is -0.739. The largest absolute Gasteiger partial charge is 0.349 e. The molecule has 2 amide bonds. The van der Waals surface area contributed by atoms with Crippen molar-refractivity contribution in [1.82, 2.24) is 10.6 Å². The number of amides is 2. The van der Waals surface area contributed by atoms with Crippen LogP contribution in [0.2, 0.25) is 0 Å². The zero-order valence-corrected chi connectivity index (χ0v) is 17.0. The fourth-order valence-corrected chi connectivity index (χ4v) is 3.99. The van der Waals surface area contributed by atoms with Crippen LogP contribution in [0, 0.1) is 5.82 Å². The third-order valence-corrected chi connectivity index (χ3v) is 5.79. The van der Waals surface area contributed by atoms with E-state index in [0.29, 0.717) is 11.3 Å². The third-order valence-electron chi connectivity index (χ3n) is 4.86. The number of hydrogen-bond donors (Lipinski definition) is 3. The van der Waals surface area contributed by atoms with Gasteiger partial charge < -0.3 is 10.6 Å². The first-order valence-corrected chi connectivity index (χ1v) is 10.7. The fraction of sp³-hybridized carbons (Fsp3) is 0.217. The van der Waals surface area contributed by atoms with Crippen molar-refractivity contribution in [1.29, 1.82) is 0 Å². The molecule has 4 rings (SSSR count). The van der Waals surface area contributed by atoms with Crippen LogP contribution < -0.4 is 16.0 Å². The minimum atomic E-state index is -0.303. The van der Waals surface area contributed by atoms with E-state index in [4.69, 9.17) is 0 Å². The zero-order valence-electron chi connectivity index (χ0n) is 16.2. The van der Waals surface area contributed by atoms with Gasteiger partial charge in [-0.3, -0.25) is 14.9 Å². The van der Waals surface area contributed by atoms with Gasteiger partial charge in [-0.1, -0.05) is 30.3 Å². The molecule has 1 aromatic heterocycles. The Balaban J connectivity index is 1.43. The summed E-state index contributed by atoms with van der Waals surface area (Å²) in [5.41, 5.74) is 1.80. The minimum Gasteiger partial charge on any atom is -0.349 e. The molecule has 0 radical (unpaired) electrons. The van der Waals surface area contributed by atoms with E-state index in [2.05, 4.69) is 16.0 Å². The first-order chi connectivity index (χ1) is 14.6. The first-order valence-electron chi connectivity index (χ1n) is 9.82. The average Bonchev–Trinajstić information content (AvgIpc) is 3.39. The Morgan fingerprint density at radius 3 is 2.50 bits per heavy atom. The maximum Gasteiger partial charge on any atom is 0.253 e. The van der Waals surface area contributed by atoms with Crippen LogP contribution in [0.3, 0.4) is 0 Å². The highest BCUT2D eigenvalue weighted by Crippen LogP contribution is 2.26. The van der Waals surface area contributed by atoms with E-state index in [9.17, 15) is 14.0 Å². The van der Waals surface area contributed by atoms with Crippen molar-refractivity contribution in [2.75, 3.05) is 11.9 Å². The smallest absolute Gasteiger partial charge is 0.253 e. The van der Waals surface area contributed by atoms with Crippen LogP contribution in [0.4, 0.5) is 10.1 Å². The Morgan fingerprint density at radius 2 is 1.80 bits per heavy atom. The normalized spacial score (nSPS) is 14.2. The number of nitrogens with one attached hydrogen (secondary N) is 3. The third kappa shape index (κ3) is 5.11. The second-order valence-electron chi connectivity index (χ2n) is 7.22. The number of rotatable bonds is 8. The van der Waals surface area contributed by atoms with Gasteiger partial charge in [-0.2, -0.15) is 0 Å². The van der Waals surface area contributed by atoms with Crippen molar-refractivity contribution in [3.63, 3.8) is 0 Å². The molecular formula is C23H22FN3O2S. The molecule has 154 valence electrons. The van der Waals surface area contributed by atoms with Gasteiger partial charge in [-0.25, -0.2) is 4.39 Å². The van der Waals surface area contributed by atoms with E-state index in [1.165, 1.54) is 12.1 Å². The summed E-state index contributed by atoms with van der Waals surface area (Å²) in [7, 11) is 0. The Hall–Kier alpha value is -3.03. The lowest BCUT2D eigenvalue weighted by atomic mass is 10.1. The van der Waals surface area contributed by atoms with Crippen LogP contribution in [-0.4, -0.2) is 24.4 Å². The predicted molar refractivity (Wildman–Crippen MR) is 116 cm³/mol. The van der Waals surface area contributed by atoms with Gasteiger partial charge in [0.1, 0.15) is 5.82 Å². The van der Waals surface area contributed by atoms with E-state index in [0.717, 1.165) is 23.3 Å². The lowest BCUT2D eigenvalue weighted by Crippen LogP contribution is -2.32. The predicted octanol–water partition coefficient (Wildman–Crippen LogP) is 4.10. The second-order valence-corrected chi connectivity index (χ2v) is 8.20. The molecule has 0 saturated heterocycles. The number of carbonyl (C=O) groups is 2. The highest BCUT2D eigenvalue weighted by atomic mass is 32.1. The molecule has 0 unspecified atom stereocenters. The lowest BCUT2D eigenvalue weighted by Gasteiger charge is -2.18. The van der Waals surface area contributed by atoms with E-state index in [1.54, 1.807) is 47.7 Å². The van der Waals surface area contributed by atoms with E-state index < -0.39 is 0 Å². The molecule has 1 heterocycles. The highest BCUT2D eigenvalue weighted by molar-refractivity contribution is 7.10. The van der Waals surface area contributed by atoms with E-state index >= 15 is 0 Å². The number of anilines is 1. The summed E-state index contributed by atoms with van der Waals surface area (Å²) in [6, 6.07) is 17.1. The van der Waals surface area contributed by atoms with Gasteiger partial charge >= 0.3 is 0 Å². The maximum atomic E-state index is 13.3. The average molecular weight is 424 g/mol. The molecule has 30 heavy (non-hydrogen) atoms. The van der Waals surface area contributed by atoms with Crippen LogP contribution in [-0.2, 0) is 4.79 Å². The quantitative estimate of drug-likeness (QED) is 0.511. The molecule has 1 aliphatic carbocycles.